The van der Waals surface area contributed by atoms with Crippen molar-refractivity contribution in [3.8, 4) is 6.07 Å². The number of aromatic amines is 1. The molecule has 0 aliphatic carbocycles. The Bertz CT molecular complexity index is 1630. The summed E-state index contributed by atoms with van der Waals surface area (Å²) in [5.74, 6) is -2.03. The Labute approximate surface area is 225 Å². The van der Waals surface area contributed by atoms with Crippen molar-refractivity contribution in [3.05, 3.63) is 86.5 Å². The minimum atomic E-state index is -4.67. The van der Waals surface area contributed by atoms with E-state index < -0.39 is 41.4 Å². The summed E-state index contributed by atoms with van der Waals surface area (Å²) in [5, 5.41) is 26.6. The molecule has 0 saturated carbocycles. The van der Waals surface area contributed by atoms with Gasteiger partial charge in [0.1, 0.15) is 6.04 Å². The van der Waals surface area contributed by atoms with E-state index in [2.05, 4.69) is 10.2 Å². The Morgan fingerprint density at radius 3 is 2.52 bits per heavy atom. The summed E-state index contributed by atoms with van der Waals surface area (Å²) < 4.78 is 46.5. The minimum absolute atomic E-state index is 0.0388. The molecule has 3 aromatic rings. The predicted octanol–water partition coefficient (Wildman–Crippen LogP) is 3.89. The van der Waals surface area contributed by atoms with E-state index in [0.717, 1.165) is 23.8 Å². The number of nitrogens with zero attached hydrogens (tertiary/aromatic N) is 5. The summed E-state index contributed by atoms with van der Waals surface area (Å²) in [6.45, 7) is 4.52. The first-order valence-electron chi connectivity index (χ1n) is 11.8. The Hall–Kier alpha value is -4.90. The highest BCUT2D eigenvalue weighted by Gasteiger charge is 2.42. The van der Waals surface area contributed by atoms with Crippen molar-refractivity contribution < 1.29 is 32.7 Å². The van der Waals surface area contributed by atoms with Gasteiger partial charge in [0.25, 0.3) is 5.91 Å². The van der Waals surface area contributed by atoms with Crippen molar-refractivity contribution in [2.45, 2.75) is 39.0 Å². The molecule has 208 valence electrons. The topological polar surface area (TPSA) is 145 Å². The number of alkyl halides is 3. The summed E-state index contributed by atoms with van der Waals surface area (Å²) in [6, 6.07) is 8.01. The highest BCUT2D eigenvalue weighted by atomic mass is 19.4. The average Bonchev–Trinajstić information content (AvgIpc) is 3.30. The molecule has 2 aromatic carbocycles. The third-order valence-electron chi connectivity index (χ3n) is 6.38. The molecule has 2 heterocycles. The zero-order valence-electron chi connectivity index (χ0n) is 21.6. The summed E-state index contributed by atoms with van der Waals surface area (Å²) in [6.07, 6.45) is -4.67. The van der Waals surface area contributed by atoms with Crippen LogP contribution >= 0.6 is 0 Å². The van der Waals surface area contributed by atoms with Crippen LogP contribution in [0.3, 0.4) is 0 Å². The quantitative estimate of drug-likeness (QED) is 0.274. The molecule has 1 aliphatic rings. The average molecular weight is 557 g/mol. The van der Waals surface area contributed by atoms with Crippen molar-refractivity contribution >= 4 is 23.5 Å². The Morgan fingerprint density at radius 1 is 1.23 bits per heavy atom. The summed E-state index contributed by atoms with van der Waals surface area (Å²) in [5.41, 5.74) is -2.09. The number of methoxy groups -OCH3 is 1. The number of hydrogen-bond donors (Lipinski definition) is 2. The van der Waals surface area contributed by atoms with Gasteiger partial charge in [-0.2, -0.15) is 18.4 Å². The normalized spacial score (nSPS) is 15.1. The van der Waals surface area contributed by atoms with E-state index in [9.17, 15) is 38.0 Å². The van der Waals surface area contributed by atoms with Gasteiger partial charge in [0.05, 0.1) is 35.9 Å². The number of rotatable bonds is 5. The summed E-state index contributed by atoms with van der Waals surface area (Å²) in [4.78, 5) is 40.8. The number of carbonyl (C=O) groups is 2. The number of esters is 1. The first-order chi connectivity index (χ1) is 18.8. The van der Waals surface area contributed by atoms with E-state index in [1.54, 1.807) is 13.8 Å². The van der Waals surface area contributed by atoms with Gasteiger partial charge in [0.2, 0.25) is 5.95 Å². The predicted molar refractivity (Wildman–Crippen MR) is 134 cm³/mol. The third kappa shape index (κ3) is 4.71. The van der Waals surface area contributed by atoms with Crippen molar-refractivity contribution in [2.24, 2.45) is 0 Å². The van der Waals surface area contributed by atoms with Crippen LogP contribution in [0.2, 0.25) is 0 Å². The number of hydrogen-bond acceptors (Lipinski definition) is 8. The molecule has 0 fully saturated rings. The van der Waals surface area contributed by atoms with Gasteiger partial charge in [-0.25, -0.2) is 24.3 Å². The monoisotopic (exact) mass is 556 g/mol. The van der Waals surface area contributed by atoms with Crippen LogP contribution in [-0.2, 0) is 15.7 Å². The van der Waals surface area contributed by atoms with Crippen LogP contribution < -0.4 is 10.6 Å². The molecule has 1 unspecified atom stereocenters. The highest BCUT2D eigenvalue weighted by molar-refractivity contribution is 5.98. The molecule has 0 saturated heterocycles. The second-order valence-corrected chi connectivity index (χ2v) is 9.13. The first kappa shape index (κ1) is 28.1. The number of nitriles is 1. The lowest BCUT2D eigenvalue weighted by molar-refractivity contribution is -0.138. The largest absolute Gasteiger partial charge is 0.466 e. The number of benzene rings is 2. The number of fused-ring (bicyclic) bond motifs is 1. The maximum absolute atomic E-state index is 13.5. The van der Waals surface area contributed by atoms with E-state index in [-0.39, 0.29) is 39.6 Å². The van der Waals surface area contributed by atoms with Crippen LogP contribution in [0.4, 0.5) is 24.8 Å². The lowest BCUT2D eigenvalue weighted by atomic mass is 9.89. The lowest BCUT2D eigenvalue weighted by Crippen LogP contribution is -2.39. The number of anilines is 2. The second-order valence-electron chi connectivity index (χ2n) is 9.13. The van der Waals surface area contributed by atoms with Crippen LogP contribution in [0.1, 0.15) is 53.9 Å². The minimum Gasteiger partial charge on any atom is -0.466 e. The molecule has 0 spiro atoms. The van der Waals surface area contributed by atoms with Gasteiger partial charge in [-0.15, -0.1) is 5.10 Å². The SMILES string of the molecule is COC(=O)C1=C(C)N(c2cccc(C(F)(F)F)c2)c2n[nH]c(=O)n2C1c1ccc(C#N)cc1C(=O)N(O)C(C)C. The zero-order valence-corrected chi connectivity index (χ0v) is 21.6. The molecule has 2 N–H and O–H groups in total. The molecule has 4 rings (SSSR count). The number of ether oxygens (including phenoxy) is 1. The van der Waals surface area contributed by atoms with Gasteiger partial charge in [0.15, 0.2) is 0 Å². The van der Waals surface area contributed by atoms with Crippen LogP contribution in [0, 0.1) is 11.3 Å². The number of nitrogens with one attached hydrogen (secondary N) is 1. The number of amides is 1. The van der Waals surface area contributed by atoms with Gasteiger partial charge < -0.3 is 4.74 Å². The van der Waals surface area contributed by atoms with E-state index >= 15 is 0 Å². The Kier molecular flexibility index (Phi) is 7.27. The molecule has 0 bridgehead atoms. The Morgan fingerprint density at radius 2 is 1.93 bits per heavy atom. The number of carbonyl (C=O) groups excluding carboxylic acids is 2. The van der Waals surface area contributed by atoms with Gasteiger partial charge >= 0.3 is 17.8 Å². The molecule has 11 nitrogen and oxygen atoms in total. The maximum Gasteiger partial charge on any atom is 0.416 e. The number of H-pyrrole nitrogens is 1. The van der Waals surface area contributed by atoms with Gasteiger partial charge in [-0.1, -0.05) is 12.1 Å². The molecular formula is C26H23F3N6O5. The van der Waals surface area contributed by atoms with E-state index in [0.29, 0.717) is 5.06 Å². The van der Waals surface area contributed by atoms with E-state index in [1.165, 1.54) is 42.2 Å². The van der Waals surface area contributed by atoms with Crippen molar-refractivity contribution in [2.75, 3.05) is 12.0 Å². The van der Waals surface area contributed by atoms with Crippen molar-refractivity contribution in [1.29, 1.82) is 5.26 Å². The van der Waals surface area contributed by atoms with Gasteiger partial charge in [0, 0.05) is 16.9 Å². The van der Waals surface area contributed by atoms with Crippen LogP contribution in [0.25, 0.3) is 0 Å². The van der Waals surface area contributed by atoms with Gasteiger partial charge in [-0.05, 0) is 56.7 Å². The maximum atomic E-state index is 13.5. The van der Waals surface area contributed by atoms with Gasteiger partial charge in [-0.3, -0.25) is 14.9 Å². The lowest BCUT2D eigenvalue weighted by Gasteiger charge is -2.36. The first-order valence-corrected chi connectivity index (χ1v) is 11.8. The number of halogens is 3. The van der Waals surface area contributed by atoms with Crippen molar-refractivity contribution in [1.82, 2.24) is 19.8 Å². The summed E-state index contributed by atoms with van der Waals surface area (Å²) >= 11 is 0. The molecule has 14 heteroatoms. The number of allylic oxidation sites excluding steroid dienone is 1. The van der Waals surface area contributed by atoms with Crippen LogP contribution in [0.5, 0.6) is 0 Å². The second kappa shape index (κ2) is 10.3. The highest BCUT2D eigenvalue weighted by Crippen LogP contribution is 2.43. The smallest absolute Gasteiger partial charge is 0.416 e. The van der Waals surface area contributed by atoms with E-state index in [1.807, 2.05) is 6.07 Å². The van der Waals surface area contributed by atoms with Crippen LogP contribution in [0.15, 0.2) is 58.5 Å². The molecule has 0 radical (unpaired) electrons. The molecule has 1 aliphatic heterocycles. The summed E-state index contributed by atoms with van der Waals surface area (Å²) in [7, 11) is 1.08. The van der Waals surface area contributed by atoms with E-state index in [4.69, 9.17) is 4.74 Å². The van der Waals surface area contributed by atoms with Crippen molar-refractivity contribution in [3.63, 3.8) is 0 Å². The Balaban J connectivity index is 2.05. The fourth-order valence-electron chi connectivity index (χ4n) is 4.49. The molecule has 1 atom stereocenters. The molecule has 1 amide bonds. The standard InChI is InChI=1S/C26H23F3N6O5/c1-13(2)35(39)22(36)19-10-15(12-30)8-9-18(19)21-20(23(37)40-4)14(3)33(24-31-32-25(38)34(21)24)17-7-5-6-16(11-17)26(27,28)29/h5-11,13,21,39H,1-4H3,(H,32,38). The fourth-order valence-corrected chi connectivity index (χ4v) is 4.49. The molecule has 1 aromatic heterocycles. The number of hydroxylamine groups is 2. The molecule has 40 heavy (non-hydrogen) atoms. The third-order valence-corrected chi connectivity index (χ3v) is 6.38. The molecular weight excluding hydrogens is 533 g/mol. The van der Waals surface area contributed by atoms with Crippen LogP contribution in [-0.4, -0.2) is 50.1 Å². The zero-order chi connectivity index (χ0) is 29.5. The fraction of sp³-hybridized carbons (Fsp3) is 0.269. The number of aromatic nitrogens is 3.